The van der Waals surface area contributed by atoms with E-state index in [1.165, 1.54) is 57.8 Å². The van der Waals surface area contributed by atoms with Gasteiger partial charge in [-0.2, -0.15) is 0 Å². The number of carbonyl (C=O) groups excluding carboxylic acids is 1. The van der Waals surface area contributed by atoms with Crippen LogP contribution >= 0.6 is 0 Å². The van der Waals surface area contributed by atoms with Gasteiger partial charge in [0.1, 0.15) is 6.10 Å². The minimum atomic E-state index is -1.21. The number of rotatable bonds is 18. The van der Waals surface area contributed by atoms with E-state index in [4.69, 9.17) is 0 Å². The van der Waals surface area contributed by atoms with Crippen molar-refractivity contribution in [2.24, 2.45) is 5.92 Å². The molecule has 0 aliphatic heterocycles. The molecule has 0 saturated heterocycles. The summed E-state index contributed by atoms with van der Waals surface area (Å²) < 4.78 is 0. The summed E-state index contributed by atoms with van der Waals surface area (Å²) in [7, 11) is 0. The molecule has 184 valence electrons. The van der Waals surface area contributed by atoms with Gasteiger partial charge in [-0.05, 0) is 19.3 Å². The van der Waals surface area contributed by atoms with Crippen molar-refractivity contribution in [3.63, 3.8) is 0 Å². The Hall–Kier alpha value is -0.690. The molecule has 1 amide bonds. The van der Waals surface area contributed by atoms with Gasteiger partial charge in [0.25, 0.3) is 0 Å². The van der Waals surface area contributed by atoms with E-state index in [9.17, 15) is 25.2 Å². The number of aliphatic hydroxyl groups excluding tert-OH is 4. The topological polar surface area (TPSA) is 110 Å². The summed E-state index contributed by atoms with van der Waals surface area (Å²) in [6.45, 7) is 1.80. The first-order valence-corrected chi connectivity index (χ1v) is 13.0. The number of hydrogen-bond acceptors (Lipinski definition) is 5. The molecule has 5 N–H and O–H groups in total. The summed E-state index contributed by atoms with van der Waals surface area (Å²) in [4.78, 5) is 12.4. The number of amides is 1. The van der Waals surface area contributed by atoms with E-state index >= 15 is 0 Å². The SMILES string of the molecule is CCCCCCCCCCCCCC[C@@H](O)[C@@H](O)[C@H](CO)NC(=O)C1CCCCC1O. The molecule has 0 radical (unpaired) electrons. The van der Waals surface area contributed by atoms with Crippen LogP contribution in [0.25, 0.3) is 0 Å². The lowest BCUT2D eigenvalue weighted by Crippen LogP contribution is -2.53. The third-order valence-electron chi connectivity index (χ3n) is 6.75. The zero-order chi connectivity index (χ0) is 22.9. The van der Waals surface area contributed by atoms with Crippen molar-refractivity contribution in [3.05, 3.63) is 0 Å². The quantitative estimate of drug-likeness (QED) is 0.207. The standard InChI is InChI=1S/C25H49NO5/c1-2-3-4-5-6-7-8-9-10-11-12-13-18-23(29)24(30)21(19-27)26-25(31)20-16-14-15-17-22(20)28/h20-24,27-30H,2-19H2,1H3,(H,26,31)/t20?,21-,22?,23+,24-/m0/s1. The van der Waals surface area contributed by atoms with Gasteiger partial charge in [-0.1, -0.05) is 96.8 Å². The fraction of sp³-hybridized carbons (Fsp3) is 0.960. The van der Waals surface area contributed by atoms with Crippen LogP contribution in [0.1, 0.15) is 116 Å². The molecule has 5 atom stereocenters. The monoisotopic (exact) mass is 443 g/mol. The second-order valence-electron chi connectivity index (χ2n) is 9.49. The largest absolute Gasteiger partial charge is 0.394 e. The molecule has 31 heavy (non-hydrogen) atoms. The van der Waals surface area contributed by atoms with Crippen LogP contribution in [-0.2, 0) is 4.79 Å². The Morgan fingerprint density at radius 2 is 1.39 bits per heavy atom. The smallest absolute Gasteiger partial charge is 0.226 e. The van der Waals surface area contributed by atoms with Gasteiger partial charge in [0.2, 0.25) is 5.91 Å². The maximum atomic E-state index is 12.4. The zero-order valence-electron chi connectivity index (χ0n) is 19.8. The van der Waals surface area contributed by atoms with Gasteiger partial charge in [-0.15, -0.1) is 0 Å². The van der Waals surface area contributed by atoms with E-state index in [0.29, 0.717) is 19.3 Å². The van der Waals surface area contributed by atoms with E-state index in [1.807, 2.05) is 0 Å². The van der Waals surface area contributed by atoms with Crippen LogP contribution in [0.15, 0.2) is 0 Å². The summed E-state index contributed by atoms with van der Waals surface area (Å²) >= 11 is 0. The van der Waals surface area contributed by atoms with Crippen molar-refractivity contribution in [2.75, 3.05) is 6.61 Å². The molecule has 0 bridgehead atoms. The van der Waals surface area contributed by atoms with Crippen LogP contribution in [0.5, 0.6) is 0 Å². The van der Waals surface area contributed by atoms with Crippen LogP contribution in [0.2, 0.25) is 0 Å². The average Bonchev–Trinajstić information content (AvgIpc) is 2.77. The van der Waals surface area contributed by atoms with Crippen molar-refractivity contribution in [2.45, 2.75) is 140 Å². The van der Waals surface area contributed by atoms with Crippen molar-refractivity contribution in [1.82, 2.24) is 5.32 Å². The molecule has 0 aromatic carbocycles. The van der Waals surface area contributed by atoms with Gasteiger partial charge >= 0.3 is 0 Å². The number of carbonyl (C=O) groups is 1. The molecule has 6 heteroatoms. The second kappa shape index (κ2) is 17.8. The summed E-state index contributed by atoms with van der Waals surface area (Å²) in [6.07, 6.45) is 15.5. The molecular formula is C25H49NO5. The molecule has 0 aromatic heterocycles. The molecule has 1 aliphatic carbocycles. The van der Waals surface area contributed by atoms with Crippen LogP contribution in [0, 0.1) is 5.92 Å². The maximum absolute atomic E-state index is 12.4. The Labute approximate surface area is 189 Å². The third-order valence-corrected chi connectivity index (χ3v) is 6.75. The Morgan fingerprint density at radius 1 is 0.871 bits per heavy atom. The molecule has 2 unspecified atom stereocenters. The number of hydrogen-bond donors (Lipinski definition) is 5. The van der Waals surface area contributed by atoms with E-state index in [-0.39, 0.29) is 5.91 Å². The lowest BCUT2D eigenvalue weighted by Gasteiger charge is -2.31. The minimum Gasteiger partial charge on any atom is -0.394 e. The van der Waals surface area contributed by atoms with Gasteiger partial charge in [-0.25, -0.2) is 0 Å². The van der Waals surface area contributed by atoms with Gasteiger partial charge < -0.3 is 25.7 Å². The molecule has 0 aromatic rings. The van der Waals surface area contributed by atoms with Gasteiger partial charge in [-0.3, -0.25) is 4.79 Å². The highest BCUT2D eigenvalue weighted by Crippen LogP contribution is 2.25. The number of unbranched alkanes of at least 4 members (excludes halogenated alkanes) is 11. The van der Waals surface area contributed by atoms with Crippen LogP contribution < -0.4 is 5.32 Å². The van der Waals surface area contributed by atoms with E-state index in [2.05, 4.69) is 12.2 Å². The van der Waals surface area contributed by atoms with Crippen LogP contribution in [-0.4, -0.2) is 57.3 Å². The van der Waals surface area contributed by atoms with Crippen LogP contribution in [0.3, 0.4) is 0 Å². The van der Waals surface area contributed by atoms with Gasteiger partial charge in [0.15, 0.2) is 0 Å². The Morgan fingerprint density at radius 3 is 1.90 bits per heavy atom. The molecule has 1 saturated carbocycles. The highest BCUT2D eigenvalue weighted by Gasteiger charge is 2.33. The Bertz CT molecular complexity index is 448. The highest BCUT2D eigenvalue weighted by molar-refractivity contribution is 5.79. The first kappa shape index (κ1) is 28.3. The fourth-order valence-corrected chi connectivity index (χ4v) is 4.58. The molecule has 6 nitrogen and oxygen atoms in total. The summed E-state index contributed by atoms with van der Waals surface area (Å²) in [6, 6.07) is -0.908. The van der Waals surface area contributed by atoms with Gasteiger partial charge in [0.05, 0.1) is 30.8 Å². The molecule has 1 fully saturated rings. The summed E-state index contributed by atoms with van der Waals surface area (Å²) in [5.74, 6) is -0.841. The van der Waals surface area contributed by atoms with Crippen LogP contribution in [0.4, 0.5) is 0 Å². The minimum absolute atomic E-state index is 0.345. The molecule has 0 heterocycles. The molecular weight excluding hydrogens is 394 g/mol. The maximum Gasteiger partial charge on any atom is 0.226 e. The van der Waals surface area contributed by atoms with E-state index in [0.717, 1.165) is 32.1 Å². The van der Waals surface area contributed by atoms with Crippen molar-refractivity contribution in [1.29, 1.82) is 0 Å². The fourth-order valence-electron chi connectivity index (χ4n) is 4.58. The Balaban J connectivity index is 2.12. The number of nitrogens with one attached hydrogen (secondary N) is 1. The Kier molecular flexibility index (Phi) is 16.3. The first-order valence-electron chi connectivity index (χ1n) is 13.0. The lowest BCUT2D eigenvalue weighted by molar-refractivity contribution is -0.133. The summed E-state index contributed by atoms with van der Waals surface area (Å²) in [5.41, 5.74) is 0. The predicted molar refractivity (Wildman–Crippen MR) is 125 cm³/mol. The third kappa shape index (κ3) is 12.2. The van der Waals surface area contributed by atoms with Crippen molar-refractivity contribution < 1.29 is 25.2 Å². The van der Waals surface area contributed by atoms with Crippen molar-refractivity contribution >= 4 is 5.91 Å². The molecule has 1 aliphatic rings. The number of aliphatic hydroxyl groups is 4. The predicted octanol–water partition coefficient (Wildman–Crippen LogP) is 3.83. The van der Waals surface area contributed by atoms with Gasteiger partial charge in [0, 0.05) is 0 Å². The normalized spacial score (nSPS) is 22.1. The highest BCUT2D eigenvalue weighted by atomic mass is 16.3. The second-order valence-corrected chi connectivity index (χ2v) is 9.49. The lowest BCUT2D eigenvalue weighted by atomic mass is 9.85. The molecule has 1 rings (SSSR count). The summed E-state index contributed by atoms with van der Waals surface area (Å²) in [5, 5.41) is 42.9. The van der Waals surface area contributed by atoms with E-state index in [1.54, 1.807) is 0 Å². The van der Waals surface area contributed by atoms with Crippen molar-refractivity contribution in [3.8, 4) is 0 Å². The average molecular weight is 444 g/mol. The molecule has 0 spiro atoms. The first-order chi connectivity index (χ1) is 15.0. The van der Waals surface area contributed by atoms with E-state index < -0.39 is 36.9 Å². The zero-order valence-corrected chi connectivity index (χ0v) is 19.8.